The number of aliphatic hydroxyl groups excluding tert-OH is 1. The SMILES string of the molecule is O=C(C#Cc1ccc(-c2ccccc2)c(C(F)(F)F)c1)N1CCSC[C@H]1CO. The number of thioether (sulfide) groups is 1. The third kappa shape index (κ3) is 4.70. The normalized spacial score (nSPS) is 17.0. The van der Waals surface area contributed by atoms with Crippen LogP contribution in [0.25, 0.3) is 11.1 Å². The molecule has 7 heteroatoms. The fourth-order valence-electron chi connectivity index (χ4n) is 3.00. The number of alkyl halides is 3. The molecule has 0 saturated carbocycles. The third-order valence-electron chi connectivity index (χ3n) is 4.42. The molecule has 2 aromatic rings. The van der Waals surface area contributed by atoms with Crippen LogP contribution in [0.4, 0.5) is 13.2 Å². The van der Waals surface area contributed by atoms with E-state index in [-0.39, 0.29) is 23.8 Å². The van der Waals surface area contributed by atoms with E-state index in [9.17, 15) is 23.1 Å². The second-order valence-corrected chi connectivity index (χ2v) is 7.43. The number of benzene rings is 2. The van der Waals surface area contributed by atoms with Crippen molar-refractivity contribution in [1.82, 2.24) is 4.90 Å². The van der Waals surface area contributed by atoms with Gasteiger partial charge in [0.25, 0.3) is 5.91 Å². The molecule has 1 atom stereocenters. The predicted molar refractivity (Wildman–Crippen MR) is 104 cm³/mol. The van der Waals surface area contributed by atoms with Crippen LogP contribution in [0.2, 0.25) is 0 Å². The standard InChI is InChI=1S/C21H18F3NO2S/c22-21(23,24)19-12-15(6-8-18(19)16-4-2-1-3-5-16)7-9-20(27)25-10-11-28-14-17(25)13-26/h1-6,8,12,17,26H,10-11,13-14H2/t17-/m1/s1. The van der Waals surface area contributed by atoms with Gasteiger partial charge in [-0.3, -0.25) is 4.79 Å². The van der Waals surface area contributed by atoms with Crippen molar-refractivity contribution in [3.05, 3.63) is 59.7 Å². The van der Waals surface area contributed by atoms with E-state index >= 15 is 0 Å². The van der Waals surface area contributed by atoms with E-state index < -0.39 is 17.6 Å². The maximum absolute atomic E-state index is 13.5. The lowest BCUT2D eigenvalue weighted by molar-refractivity contribution is -0.137. The average Bonchev–Trinajstić information content (AvgIpc) is 2.71. The van der Waals surface area contributed by atoms with Crippen molar-refractivity contribution >= 4 is 17.7 Å². The molecule has 0 aliphatic carbocycles. The Morgan fingerprint density at radius 3 is 2.64 bits per heavy atom. The van der Waals surface area contributed by atoms with Crippen molar-refractivity contribution < 1.29 is 23.1 Å². The van der Waals surface area contributed by atoms with Crippen molar-refractivity contribution in [3.63, 3.8) is 0 Å². The molecule has 1 saturated heterocycles. The zero-order valence-corrected chi connectivity index (χ0v) is 15.7. The Morgan fingerprint density at radius 2 is 1.96 bits per heavy atom. The van der Waals surface area contributed by atoms with Gasteiger partial charge < -0.3 is 10.0 Å². The van der Waals surface area contributed by atoms with Gasteiger partial charge >= 0.3 is 6.18 Å². The number of halogens is 3. The zero-order chi connectivity index (χ0) is 20.1. The highest BCUT2D eigenvalue weighted by atomic mass is 32.2. The number of carbonyl (C=O) groups is 1. The fourth-order valence-corrected chi connectivity index (χ4v) is 4.05. The first kappa shape index (κ1) is 20.3. The molecule has 3 rings (SSSR count). The molecule has 1 amide bonds. The van der Waals surface area contributed by atoms with Gasteiger partial charge in [0, 0.05) is 29.5 Å². The quantitative estimate of drug-likeness (QED) is 0.776. The number of hydrogen-bond acceptors (Lipinski definition) is 3. The molecule has 0 aromatic heterocycles. The maximum atomic E-state index is 13.5. The number of aliphatic hydroxyl groups is 1. The van der Waals surface area contributed by atoms with Crippen LogP contribution in [-0.2, 0) is 11.0 Å². The highest BCUT2D eigenvalue weighted by molar-refractivity contribution is 7.99. The largest absolute Gasteiger partial charge is 0.417 e. The van der Waals surface area contributed by atoms with Crippen LogP contribution in [0, 0.1) is 11.8 Å². The molecular formula is C21H18F3NO2S. The molecule has 0 spiro atoms. The monoisotopic (exact) mass is 405 g/mol. The molecule has 146 valence electrons. The van der Waals surface area contributed by atoms with Crippen molar-refractivity contribution in [3.8, 4) is 23.0 Å². The van der Waals surface area contributed by atoms with E-state index in [0.29, 0.717) is 17.9 Å². The maximum Gasteiger partial charge on any atom is 0.417 e. The van der Waals surface area contributed by atoms with Crippen LogP contribution >= 0.6 is 11.8 Å². The van der Waals surface area contributed by atoms with Gasteiger partial charge in [0.15, 0.2) is 0 Å². The molecular weight excluding hydrogens is 387 g/mol. The second kappa shape index (κ2) is 8.72. The van der Waals surface area contributed by atoms with E-state index in [4.69, 9.17) is 0 Å². The van der Waals surface area contributed by atoms with Crippen LogP contribution < -0.4 is 0 Å². The summed E-state index contributed by atoms with van der Waals surface area (Å²) in [6.07, 6.45) is -4.54. The topological polar surface area (TPSA) is 40.5 Å². The Kier molecular flexibility index (Phi) is 6.32. The Labute approximate surface area is 165 Å². The number of rotatable bonds is 2. The minimum atomic E-state index is -4.54. The molecule has 0 bridgehead atoms. The van der Waals surface area contributed by atoms with Gasteiger partial charge in [-0.1, -0.05) is 42.3 Å². The molecule has 1 heterocycles. The minimum absolute atomic E-state index is 0.0679. The van der Waals surface area contributed by atoms with Gasteiger partial charge in [0.05, 0.1) is 18.2 Å². The lowest BCUT2D eigenvalue weighted by Crippen LogP contribution is -2.47. The van der Waals surface area contributed by atoms with Gasteiger partial charge in [-0.05, 0) is 23.3 Å². The van der Waals surface area contributed by atoms with Gasteiger partial charge in [-0.2, -0.15) is 24.9 Å². The van der Waals surface area contributed by atoms with E-state index in [0.717, 1.165) is 11.8 Å². The predicted octanol–water partition coefficient (Wildman–Crippen LogP) is 3.66. The molecule has 1 fully saturated rings. The lowest BCUT2D eigenvalue weighted by atomic mass is 9.97. The Hall–Kier alpha value is -2.43. The van der Waals surface area contributed by atoms with Gasteiger partial charge in [0.1, 0.15) is 0 Å². The molecule has 2 aromatic carbocycles. The highest BCUT2D eigenvalue weighted by Crippen LogP contribution is 2.37. The van der Waals surface area contributed by atoms with Crippen molar-refractivity contribution in [1.29, 1.82) is 0 Å². The van der Waals surface area contributed by atoms with E-state index in [2.05, 4.69) is 11.8 Å². The molecule has 1 aliphatic rings. The van der Waals surface area contributed by atoms with Crippen LogP contribution in [-0.4, -0.2) is 46.6 Å². The fraction of sp³-hybridized carbons (Fsp3) is 0.286. The summed E-state index contributed by atoms with van der Waals surface area (Å²) in [6, 6.07) is 11.8. The van der Waals surface area contributed by atoms with Crippen molar-refractivity contribution in [2.75, 3.05) is 24.7 Å². The molecule has 28 heavy (non-hydrogen) atoms. The summed E-state index contributed by atoms with van der Waals surface area (Å²) in [5, 5.41) is 9.38. The van der Waals surface area contributed by atoms with E-state index in [1.54, 1.807) is 42.1 Å². The second-order valence-electron chi connectivity index (χ2n) is 6.28. The van der Waals surface area contributed by atoms with Crippen LogP contribution in [0.15, 0.2) is 48.5 Å². The number of nitrogens with zero attached hydrogens (tertiary/aromatic N) is 1. The number of amides is 1. The molecule has 3 nitrogen and oxygen atoms in total. The Bertz CT molecular complexity index is 903. The van der Waals surface area contributed by atoms with Crippen LogP contribution in [0.1, 0.15) is 11.1 Å². The van der Waals surface area contributed by atoms with Crippen LogP contribution in [0.3, 0.4) is 0 Å². The first-order valence-electron chi connectivity index (χ1n) is 8.68. The number of carbonyl (C=O) groups excluding carboxylic acids is 1. The average molecular weight is 405 g/mol. The van der Waals surface area contributed by atoms with Crippen LogP contribution in [0.5, 0.6) is 0 Å². The van der Waals surface area contributed by atoms with Gasteiger partial charge in [-0.25, -0.2) is 0 Å². The molecule has 0 radical (unpaired) electrons. The third-order valence-corrected chi connectivity index (χ3v) is 5.51. The lowest BCUT2D eigenvalue weighted by Gasteiger charge is -2.32. The van der Waals surface area contributed by atoms with Crippen molar-refractivity contribution in [2.24, 2.45) is 0 Å². The summed E-state index contributed by atoms with van der Waals surface area (Å²) >= 11 is 1.64. The summed E-state index contributed by atoms with van der Waals surface area (Å²) in [5.41, 5.74) is -0.145. The summed E-state index contributed by atoms with van der Waals surface area (Å²) in [6.45, 7) is 0.300. The molecule has 0 unspecified atom stereocenters. The van der Waals surface area contributed by atoms with E-state index in [1.165, 1.54) is 17.0 Å². The Morgan fingerprint density at radius 1 is 1.21 bits per heavy atom. The molecule has 1 N–H and O–H groups in total. The smallest absolute Gasteiger partial charge is 0.394 e. The summed E-state index contributed by atoms with van der Waals surface area (Å²) in [7, 11) is 0. The summed E-state index contributed by atoms with van der Waals surface area (Å²) in [5.74, 6) is 5.84. The van der Waals surface area contributed by atoms with Gasteiger partial charge in [-0.15, -0.1) is 0 Å². The zero-order valence-electron chi connectivity index (χ0n) is 14.9. The summed E-state index contributed by atoms with van der Waals surface area (Å²) < 4.78 is 40.6. The Balaban J connectivity index is 1.90. The number of hydrogen-bond donors (Lipinski definition) is 1. The van der Waals surface area contributed by atoms with Crippen molar-refractivity contribution in [2.45, 2.75) is 12.2 Å². The first-order valence-corrected chi connectivity index (χ1v) is 9.83. The summed E-state index contributed by atoms with van der Waals surface area (Å²) in [4.78, 5) is 13.8. The minimum Gasteiger partial charge on any atom is -0.394 e. The van der Waals surface area contributed by atoms with E-state index in [1.807, 2.05) is 0 Å². The highest BCUT2D eigenvalue weighted by Gasteiger charge is 2.34. The van der Waals surface area contributed by atoms with Gasteiger partial charge in [0.2, 0.25) is 0 Å². The first-order chi connectivity index (χ1) is 13.4. The molecule has 1 aliphatic heterocycles.